The minimum Gasteiger partial charge on any atom is -0.318 e. The topological polar surface area (TPSA) is 28.2 Å². The number of hydrogen-bond acceptors (Lipinski definition) is 4. The van der Waals surface area contributed by atoms with Crippen LogP contribution in [0, 0.1) is 12.7 Å². The lowest BCUT2D eigenvalue weighted by Crippen LogP contribution is -2.17. The van der Waals surface area contributed by atoms with E-state index in [1.54, 1.807) is 23.5 Å². The highest BCUT2D eigenvalue weighted by Gasteiger charge is 2.17. The summed E-state index contributed by atoms with van der Waals surface area (Å²) in [6, 6.07) is 6.86. The van der Waals surface area contributed by atoms with Crippen LogP contribution in [0.5, 0.6) is 0 Å². The van der Waals surface area contributed by atoms with Crippen molar-refractivity contribution in [3.63, 3.8) is 0 Å². The molecule has 5 heteroatoms. The second kappa shape index (κ2) is 7.00. The van der Waals surface area contributed by atoms with E-state index in [9.17, 15) is 4.39 Å². The first-order chi connectivity index (χ1) is 10.1. The summed E-state index contributed by atoms with van der Waals surface area (Å²) in [6.45, 7) is 10.1. The zero-order valence-electron chi connectivity index (χ0n) is 13.0. The first-order valence-corrected chi connectivity index (χ1v) is 8.12. The van der Waals surface area contributed by atoms with E-state index in [1.807, 2.05) is 6.92 Å². The van der Waals surface area contributed by atoms with Gasteiger partial charge in [0.05, 0.1) is 5.69 Å². The smallest absolute Gasteiger partial charge is 0.190 e. The van der Waals surface area contributed by atoms with Gasteiger partial charge in [0.1, 0.15) is 5.82 Å². The van der Waals surface area contributed by atoms with Gasteiger partial charge < -0.3 is 10.2 Å². The van der Waals surface area contributed by atoms with E-state index in [2.05, 4.69) is 31.0 Å². The average Bonchev–Trinajstić information content (AvgIpc) is 2.84. The van der Waals surface area contributed by atoms with E-state index in [0.717, 1.165) is 29.6 Å². The Bertz CT molecular complexity index is 580. The Labute approximate surface area is 129 Å². The zero-order valence-corrected chi connectivity index (χ0v) is 13.8. The van der Waals surface area contributed by atoms with Crippen LogP contribution in [-0.4, -0.2) is 18.1 Å². The third-order valence-electron chi connectivity index (χ3n) is 3.41. The highest BCUT2D eigenvalue weighted by atomic mass is 32.1. The molecular weight excluding hydrogens is 285 g/mol. The van der Waals surface area contributed by atoms with E-state index in [4.69, 9.17) is 4.98 Å². The number of anilines is 2. The summed E-state index contributed by atoms with van der Waals surface area (Å²) in [4.78, 5) is 8.06. The molecule has 0 bridgehead atoms. The van der Waals surface area contributed by atoms with Crippen molar-refractivity contribution < 1.29 is 4.39 Å². The Balaban J connectivity index is 2.30. The van der Waals surface area contributed by atoms with Crippen LogP contribution in [0.4, 0.5) is 15.2 Å². The van der Waals surface area contributed by atoms with E-state index < -0.39 is 0 Å². The molecule has 1 aromatic carbocycles. The molecule has 1 aromatic heterocycles. The first-order valence-electron chi connectivity index (χ1n) is 7.30. The predicted molar refractivity (Wildman–Crippen MR) is 88.0 cm³/mol. The summed E-state index contributed by atoms with van der Waals surface area (Å²) in [5.74, 6) is -0.216. The fraction of sp³-hybridized carbons (Fsp3) is 0.438. The van der Waals surface area contributed by atoms with Crippen molar-refractivity contribution in [1.82, 2.24) is 10.3 Å². The molecular formula is C16H22FN3S. The standard InChI is InChI=1S/C16H22FN3S/c1-5-18-11(3)15-12(4)19-16(21-15)20(6-2)14-9-7-13(17)8-10-14/h7-11,18H,5-6H2,1-4H3. The minimum absolute atomic E-state index is 0.216. The van der Waals surface area contributed by atoms with E-state index in [0.29, 0.717) is 6.04 Å². The van der Waals surface area contributed by atoms with Crippen LogP contribution in [0.25, 0.3) is 0 Å². The molecule has 0 aliphatic carbocycles. The highest BCUT2D eigenvalue weighted by molar-refractivity contribution is 7.15. The van der Waals surface area contributed by atoms with Crippen LogP contribution in [-0.2, 0) is 0 Å². The largest absolute Gasteiger partial charge is 0.318 e. The molecule has 2 aromatic rings. The molecule has 2 rings (SSSR count). The molecule has 0 aliphatic heterocycles. The Hall–Kier alpha value is -1.46. The number of nitrogens with zero attached hydrogens (tertiary/aromatic N) is 2. The van der Waals surface area contributed by atoms with Crippen molar-refractivity contribution in [2.24, 2.45) is 0 Å². The number of hydrogen-bond donors (Lipinski definition) is 1. The predicted octanol–water partition coefficient (Wildman–Crippen LogP) is 4.42. The molecule has 1 atom stereocenters. The maximum Gasteiger partial charge on any atom is 0.190 e. The molecule has 21 heavy (non-hydrogen) atoms. The van der Waals surface area contributed by atoms with Crippen molar-refractivity contribution in [2.75, 3.05) is 18.0 Å². The molecule has 0 spiro atoms. The lowest BCUT2D eigenvalue weighted by molar-refractivity contribution is 0.603. The maximum absolute atomic E-state index is 13.1. The number of aromatic nitrogens is 1. The second-order valence-electron chi connectivity index (χ2n) is 4.95. The molecule has 0 fully saturated rings. The molecule has 114 valence electrons. The van der Waals surface area contributed by atoms with Crippen LogP contribution < -0.4 is 10.2 Å². The Kier molecular flexibility index (Phi) is 5.31. The van der Waals surface area contributed by atoms with Gasteiger partial charge in [-0.1, -0.05) is 18.3 Å². The van der Waals surface area contributed by atoms with Crippen molar-refractivity contribution >= 4 is 22.2 Å². The van der Waals surface area contributed by atoms with Gasteiger partial charge in [-0.15, -0.1) is 0 Å². The van der Waals surface area contributed by atoms with Crippen molar-refractivity contribution in [1.29, 1.82) is 0 Å². The molecule has 1 unspecified atom stereocenters. The van der Waals surface area contributed by atoms with Crippen LogP contribution in [0.2, 0.25) is 0 Å². The van der Waals surface area contributed by atoms with E-state index >= 15 is 0 Å². The molecule has 3 nitrogen and oxygen atoms in total. The second-order valence-corrected chi connectivity index (χ2v) is 5.96. The summed E-state index contributed by atoms with van der Waals surface area (Å²) in [5.41, 5.74) is 2.03. The maximum atomic E-state index is 13.1. The Morgan fingerprint density at radius 2 is 1.95 bits per heavy atom. The van der Waals surface area contributed by atoms with Gasteiger partial charge in [-0.3, -0.25) is 0 Å². The molecule has 0 amide bonds. The molecule has 0 saturated carbocycles. The van der Waals surface area contributed by atoms with Gasteiger partial charge in [0.25, 0.3) is 0 Å². The quantitative estimate of drug-likeness (QED) is 0.856. The van der Waals surface area contributed by atoms with Gasteiger partial charge in [0, 0.05) is 23.2 Å². The summed E-state index contributed by atoms with van der Waals surface area (Å²) in [7, 11) is 0. The molecule has 0 radical (unpaired) electrons. The molecule has 0 saturated heterocycles. The van der Waals surface area contributed by atoms with Crippen LogP contribution in [0.15, 0.2) is 24.3 Å². The van der Waals surface area contributed by atoms with Crippen LogP contribution >= 0.6 is 11.3 Å². The van der Waals surface area contributed by atoms with Crippen LogP contribution in [0.3, 0.4) is 0 Å². The number of halogens is 1. The molecule has 1 N–H and O–H groups in total. The Morgan fingerprint density at radius 1 is 1.29 bits per heavy atom. The van der Waals surface area contributed by atoms with Gasteiger partial charge >= 0.3 is 0 Å². The van der Waals surface area contributed by atoms with Gasteiger partial charge in [-0.05, 0) is 51.6 Å². The number of aryl methyl sites for hydroxylation is 1. The normalized spacial score (nSPS) is 12.4. The van der Waals surface area contributed by atoms with E-state index in [1.165, 1.54) is 17.0 Å². The fourth-order valence-corrected chi connectivity index (χ4v) is 3.54. The number of benzene rings is 1. The van der Waals surface area contributed by atoms with Crippen molar-refractivity contribution in [2.45, 2.75) is 33.7 Å². The first kappa shape index (κ1) is 15.9. The number of nitrogens with one attached hydrogen (secondary N) is 1. The summed E-state index contributed by atoms with van der Waals surface area (Å²) in [5, 5.41) is 4.38. The van der Waals surface area contributed by atoms with Crippen molar-refractivity contribution in [3.8, 4) is 0 Å². The third-order valence-corrected chi connectivity index (χ3v) is 4.77. The zero-order chi connectivity index (χ0) is 15.4. The summed E-state index contributed by atoms with van der Waals surface area (Å²) < 4.78 is 13.1. The summed E-state index contributed by atoms with van der Waals surface area (Å²) >= 11 is 1.70. The van der Waals surface area contributed by atoms with Crippen LogP contribution in [0.1, 0.15) is 37.4 Å². The summed E-state index contributed by atoms with van der Waals surface area (Å²) in [6.07, 6.45) is 0. The molecule has 1 heterocycles. The lowest BCUT2D eigenvalue weighted by Gasteiger charge is -2.19. The number of thiazole rings is 1. The van der Waals surface area contributed by atoms with Gasteiger partial charge in [-0.25, -0.2) is 9.37 Å². The van der Waals surface area contributed by atoms with Crippen molar-refractivity contribution in [3.05, 3.63) is 40.7 Å². The van der Waals surface area contributed by atoms with Gasteiger partial charge in [0.2, 0.25) is 0 Å². The van der Waals surface area contributed by atoms with Gasteiger partial charge in [0.15, 0.2) is 5.13 Å². The third kappa shape index (κ3) is 3.60. The lowest BCUT2D eigenvalue weighted by atomic mass is 10.2. The monoisotopic (exact) mass is 307 g/mol. The fourth-order valence-electron chi connectivity index (χ4n) is 2.36. The number of rotatable bonds is 6. The Morgan fingerprint density at radius 3 is 2.52 bits per heavy atom. The van der Waals surface area contributed by atoms with Gasteiger partial charge in [-0.2, -0.15) is 0 Å². The molecule has 0 aliphatic rings. The highest BCUT2D eigenvalue weighted by Crippen LogP contribution is 2.34. The average molecular weight is 307 g/mol. The minimum atomic E-state index is -0.216. The SMILES string of the molecule is CCNC(C)c1sc(N(CC)c2ccc(F)cc2)nc1C. The van der Waals surface area contributed by atoms with E-state index in [-0.39, 0.29) is 5.82 Å².